The fraction of sp³-hybridized carbons (Fsp3) is 0.478. The Bertz CT molecular complexity index is 936. The van der Waals surface area contributed by atoms with Crippen molar-refractivity contribution < 1.29 is 0 Å². The molecule has 3 rings (SSSR count). The number of imidazole rings is 1. The van der Waals surface area contributed by atoms with Crippen molar-refractivity contribution in [3.63, 3.8) is 0 Å². The average molecular weight is 395 g/mol. The van der Waals surface area contributed by atoms with Crippen LogP contribution in [0.25, 0.3) is 11.0 Å². The lowest BCUT2D eigenvalue weighted by molar-refractivity contribution is 0.167. The molecule has 3 aromatic rings. The molecule has 2 heterocycles. The van der Waals surface area contributed by atoms with E-state index < -0.39 is 0 Å². The van der Waals surface area contributed by atoms with Gasteiger partial charge >= 0.3 is 0 Å². The number of nitrogens with one attached hydrogen (secondary N) is 1. The van der Waals surface area contributed by atoms with Gasteiger partial charge in [0.2, 0.25) is 0 Å². The van der Waals surface area contributed by atoms with Crippen LogP contribution < -0.4 is 11.1 Å². The molecule has 0 saturated carbocycles. The summed E-state index contributed by atoms with van der Waals surface area (Å²) in [7, 11) is 2.16. The van der Waals surface area contributed by atoms with Crippen molar-refractivity contribution in [2.45, 2.75) is 59.2 Å². The predicted octanol–water partition coefficient (Wildman–Crippen LogP) is 4.50. The van der Waals surface area contributed by atoms with Crippen molar-refractivity contribution in [1.29, 1.82) is 0 Å². The molecule has 0 radical (unpaired) electrons. The number of hydrogen-bond donors (Lipinski definition) is 2. The van der Waals surface area contributed by atoms with Crippen molar-refractivity contribution in [2.75, 3.05) is 24.6 Å². The largest absolute Gasteiger partial charge is 0.382 e. The summed E-state index contributed by atoms with van der Waals surface area (Å²) in [5.74, 6) is 1.28. The summed E-state index contributed by atoms with van der Waals surface area (Å²) in [6, 6.07) is 10.9. The highest BCUT2D eigenvalue weighted by Gasteiger charge is 2.16. The molecule has 156 valence electrons. The number of pyridine rings is 1. The molecule has 0 bridgehead atoms. The van der Waals surface area contributed by atoms with Gasteiger partial charge in [-0.3, -0.25) is 4.90 Å². The van der Waals surface area contributed by atoms with Crippen molar-refractivity contribution >= 4 is 22.7 Å². The SMILES string of the molecule is CCCCNc1cc2c(ncn2Cc2ccc(CN(C)C(C)(C)C)cc2)c(N)n1. The summed E-state index contributed by atoms with van der Waals surface area (Å²) in [5.41, 5.74) is 10.6. The summed E-state index contributed by atoms with van der Waals surface area (Å²) in [6.45, 7) is 11.5. The quantitative estimate of drug-likeness (QED) is 0.550. The maximum atomic E-state index is 6.14. The van der Waals surface area contributed by atoms with Gasteiger partial charge in [-0.15, -0.1) is 0 Å². The molecular formula is C23H34N6. The number of anilines is 2. The number of nitrogens with zero attached hydrogens (tertiary/aromatic N) is 4. The van der Waals surface area contributed by atoms with E-state index in [0.717, 1.165) is 49.3 Å². The molecule has 0 spiro atoms. The topological polar surface area (TPSA) is 72.0 Å². The Kier molecular flexibility index (Phi) is 6.42. The third-order valence-corrected chi connectivity index (χ3v) is 5.41. The van der Waals surface area contributed by atoms with Crippen LogP contribution in [0.5, 0.6) is 0 Å². The number of nitrogen functional groups attached to an aromatic ring is 1. The van der Waals surface area contributed by atoms with Crippen LogP contribution in [0.4, 0.5) is 11.6 Å². The molecule has 0 aliphatic heterocycles. The van der Waals surface area contributed by atoms with Crippen LogP contribution in [-0.2, 0) is 13.1 Å². The van der Waals surface area contributed by atoms with Gasteiger partial charge in [0.15, 0.2) is 5.82 Å². The maximum Gasteiger partial charge on any atom is 0.154 e. The van der Waals surface area contributed by atoms with Gasteiger partial charge in [0.25, 0.3) is 0 Å². The highest BCUT2D eigenvalue weighted by Crippen LogP contribution is 2.23. The van der Waals surface area contributed by atoms with Gasteiger partial charge in [-0.25, -0.2) is 9.97 Å². The maximum absolute atomic E-state index is 6.14. The number of benzene rings is 1. The molecule has 1 aromatic carbocycles. The van der Waals surface area contributed by atoms with E-state index in [9.17, 15) is 0 Å². The number of nitrogens with two attached hydrogens (primary N) is 1. The van der Waals surface area contributed by atoms with Crippen LogP contribution in [0.3, 0.4) is 0 Å². The van der Waals surface area contributed by atoms with Crippen molar-refractivity contribution in [1.82, 2.24) is 19.4 Å². The second kappa shape index (κ2) is 8.82. The Morgan fingerprint density at radius 1 is 1.14 bits per heavy atom. The smallest absolute Gasteiger partial charge is 0.154 e. The van der Waals surface area contributed by atoms with E-state index in [1.165, 1.54) is 11.1 Å². The lowest BCUT2D eigenvalue weighted by Crippen LogP contribution is -2.37. The molecule has 2 aromatic heterocycles. The Balaban J connectivity index is 1.75. The fourth-order valence-corrected chi connectivity index (χ4v) is 3.15. The average Bonchev–Trinajstić information content (AvgIpc) is 3.06. The molecule has 0 unspecified atom stereocenters. The van der Waals surface area contributed by atoms with Gasteiger partial charge < -0.3 is 15.6 Å². The monoisotopic (exact) mass is 394 g/mol. The van der Waals surface area contributed by atoms with E-state index in [1.807, 2.05) is 12.4 Å². The van der Waals surface area contributed by atoms with Gasteiger partial charge in [-0.05, 0) is 45.4 Å². The summed E-state index contributed by atoms with van der Waals surface area (Å²) in [6.07, 6.45) is 4.10. The van der Waals surface area contributed by atoms with Crippen LogP contribution >= 0.6 is 0 Å². The van der Waals surface area contributed by atoms with E-state index in [0.29, 0.717) is 5.82 Å². The number of aromatic nitrogens is 3. The zero-order chi connectivity index (χ0) is 21.0. The Morgan fingerprint density at radius 3 is 2.48 bits per heavy atom. The summed E-state index contributed by atoms with van der Waals surface area (Å²) >= 11 is 0. The van der Waals surface area contributed by atoms with E-state index in [-0.39, 0.29) is 5.54 Å². The second-order valence-corrected chi connectivity index (χ2v) is 8.76. The summed E-state index contributed by atoms with van der Waals surface area (Å²) < 4.78 is 2.13. The van der Waals surface area contributed by atoms with E-state index >= 15 is 0 Å². The van der Waals surface area contributed by atoms with Crippen LogP contribution in [-0.4, -0.2) is 38.6 Å². The number of unbranched alkanes of at least 4 members (excludes halogenated alkanes) is 1. The van der Waals surface area contributed by atoms with Crippen molar-refractivity contribution in [3.05, 3.63) is 47.8 Å². The molecule has 6 nitrogen and oxygen atoms in total. The molecule has 0 aliphatic rings. The lowest BCUT2D eigenvalue weighted by Gasteiger charge is -2.31. The van der Waals surface area contributed by atoms with Gasteiger partial charge in [0.1, 0.15) is 11.3 Å². The van der Waals surface area contributed by atoms with Crippen LogP contribution in [0.2, 0.25) is 0 Å². The predicted molar refractivity (Wildman–Crippen MR) is 122 cm³/mol. The third-order valence-electron chi connectivity index (χ3n) is 5.41. The van der Waals surface area contributed by atoms with Gasteiger partial charge in [0.05, 0.1) is 11.8 Å². The molecule has 0 saturated heterocycles. The fourth-order valence-electron chi connectivity index (χ4n) is 3.15. The number of fused-ring (bicyclic) bond motifs is 1. The molecule has 29 heavy (non-hydrogen) atoms. The standard InChI is InChI=1S/C23H34N6/c1-6-7-12-25-20-13-19-21(22(24)27-20)26-16-29(19)15-18-10-8-17(9-11-18)14-28(5)23(2,3)4/h8-11,13,16H,6-7,12,14-15H2,1-5H3,(H3,24,25,27). The first-order valence-corrected chi connectivity index (χ1v) is 10.4. The molecule has 0 fully saturated rings. The summed E-state index contributed by atoms with van der Waals surface area (Å²) in [5, 5.41) is 3.36. The molecular weight excluding hydrogens is 360 g/mol. The van der Waals surface area contributed by atoms with Crippen LogP contribution in [0, 0.1) is 0 Å². The Morgan fingerprint density at radius 2 is 1.83 bits per heavy atom. The first kappa shape index (κ1) is 21.1. The van der Waals surface area contributed by atoms with Crippen LogP contribution in [0.1, 0.15) is 51.7 Å². The minimum absolute atomic E-state index is 0.158. The zero-order valence-electron chi connectivity index (χ0n) is 18.4. The van der Waals surface area contributed by atoms with Crippen LogP contribution in [0.15, 0.2) is 36.7 Å². The van der Waals surface area contributed by atoms with E-state index in [1.54, 1.807) is 0 Å². The highest BCUT2D eigenvalue weighted by atomic mass is 15.2. The molecule has 0 amide bonds. The Labute approximate surface area is 174 Å². The molecule has 6 heteroatoms. The highest BCUT2D eigenvalue weighted by molar-refractivity contribution is 5.87. The van der Waals surface area contributed by atoms with E-state index in [2.05, 4.69) is 83.8 Å². The minimum Gasteiger partial charge on any atom is -0.382 e. The normalized spacial score (nSPS) is 12.1. The van der Waals surface area contributed by atoms with E-state index in [4.69, 9.17) is 5.73 Å². The van der Waals surface area contributed by atoms with Crippen molar-refractivity contribution in [2.24, 2.45) is 0 Å². The first-order chi connectivity index (χ1) is 13.8. The first-order valence-electron chi connectivity index (χ1n) is 10.4. The zero-order valence-corrected chi connectivity index (χ0v) is 18.4. The minimum atomic E-state index is 0.158. The Hall–Kier alpha value is -2.60. The number of rotatable bonds is 8. The van der Waals surface area contributed by atoms with Gasteiger partial charge in [-0.1, -0.05) is 37.6 Å². The van der Waals surface area contributed by atoms with Gasteiger partial charge in [0, 0.05) is 31.2 Å². The summed E-state index contributed by atoms with van der Waals surface area (Å²) in [4.78, 5) is 11.3. The molecule has 0 aliphatic carbocycles. The van der Waals surface area contributed by atoms with Gasteiger partial charge in [-0.2, -0.15) is 0 Å². The second-order valence-electron chi connectivity index (χ2n) is 8.76. The number of hydrogen-bond acceptors (Lipinski definition) is 5. The lowest BCUT2D eigenvalue weighted by atomic mass is 10.0. The molecule has 3 N–H and O–H groups in total. The molecule has 0 atom stereocenters. The third kappa shape index (κ3) is 5.26. The van der Waals surface area contributed by atoms with Crippen molar-refractivity contribution in [3.8, 4) is 0 Å².